The van der Waals surface area contributed by atoms with Crippen LogP contribution in [0.2, 0.25) is 0 Å². The van der Waals surface area contributed by atoms with Gasteiger partial charge in [-0.2, -0.15) is 0 Å². The lowest BCUT2D eigenvalue weighted by atomic mass is 10.0. The van der Waals surface area contributed by atoms with Crippen LogP contribution >= 0.6 is 0 Å². The van der Waals surface area contributed by atoms with Gasteiger partial charge in [-0.3, -0.25) is 14.9 Å². The van der Waals surface area contributed by atoms with Crippen molar-refractivity contribution < 1.29 is 18.1 Å². The van der Waals surface area contributed by atoms with E-state index in [1.165, 1.54) is 18.2 Å². The minimum atomic E-state index is -3.17. The molecule has 0 saturated carbocycles. The molecule has 8 heteroatoms. The molecule has 0 spiro atoms. The maximum Gasteiger partial charge on any atom is 0.270 e. The normalized spacial score (nSPS) is 10.4. The summed E-state index contributed by atoms with van der Waals surface area (Å²) in [7, 11) is -3.17. The Hall–Kier alpha value is -2.58. The Kier molecular flexibility index (Phi) is 7.22. The number of nitro groups is 1. The number of nitrogens with two attached hydrogens (primary N) is 1. The maximum atomic E-state index is 12.0. The number of nitro benzene ring substituents is 1. The lowest BCUT2D eigenvalue weighted by molar-refractivity contribution is -0.384. The van der Waals surface area contributed by atoms with Crippen LogP contribution in [0.25, 0.3) is 0 Å². The first kappa shape index (κ1) is 19.5. The van der Waals surface area contributed by atoms with Crippen molar-refractivity contribution in [1.29, 1.82) is 0 Å². The summed E-state index contributed by atoms with van der Waals surface area (Å²) < 4.78 is 20.0. The average Bonchev–Trinajstić information content (AvgIpc) is 2.54. The zero-order valence-electron chi connectivity index (χ0n) is 13.1. The first-order chi connectivity index (χ1) is 11.2. The highest BCUT2D eigenvalue weighted by atomic mass is 32.2. The van der Waals surface area contributed by atoms with Crippen molar-refractivity contribution in [3.8, 4) is 0 Å². The van der Waals surface area contributed by atoms with E-state index in [2.05, 4.69) is 5.14 Å². The van der Waals surface area contributed by atoms with Crippen molar-refractivity contribution in [2.75, 3.05) is 5.75 Å². The number of rotatable bonds is 5. The molecule has 0 aliphatic carbocycles. The van der Waals surface area contributed by atoms with Crippen LogP contribution in [0.5, 0.6) is 0 Å². The zero-order valence-corrected chi connectivity index (χ0v) is 13.9. The van der Waals surface area contributed by atoms with Crippen molar-refractivity contribution in [2.24, 2.45) is 5.14 Å². The molecule has 0 aliphatic heterocycles. The van der Waals surface area contributed by atoms with Gasteiger partial charge in [-0.05, 0) is 6.42 Å². The summed E-state index contributed by atoms with van der Waals surface area (Å²) in [5.41, 5.74) is 0.769. The lowest BCUT2D eigenvalue weighted by Crippen LogP contribution is -2.15. The molecule has 2 aromatic rings. The monoisotopic (exact) mass is 350 g/mol. The number of sulfonamides is 1. The van der Waals surface area contributed by atoms with Gasteiger partial charge in [0.15, 0.2) is 5.78 Å². The lowest BCUT2D eigenvalue weighted by Gasteiger charge is -2.00. The zero-order chi connectivity index (χ0) is 18.2. The number of ketones is 1. The molecule has 0 amide bonds. The molecule has 0 unspecified atom stereocenters. The summed E-state index contributed by atoms with van der Waals surface area (Å²) >= 11 is 0. The smallest absolute Gasteiger partial charge is 0.270 e. The molecule has 2 aromatic carbocycles. The number of nitrogens with zero attached hydrogens (tertiary/aromatic N) is 1. The first-order valence-electron chi connectivity index (χ1n) is 7.09. The van der Waals surface area contributed by atoms with Crippen LogP contribution in [0, 0.1) is 10.1 Å². The van der Waals surface area contributed by atoms with Crippen LogP contribution in [-0.4, -0.2) is 24.9 Å². The van der Waals surface area contributed by atoms with E-state index in [0.29, 0.717) is 17.5 Å². The van der Waals surface area contributed by atoms with Gasteiger partial charge in [0.25, 0.3) is 5.69 Å². The molecule has 0 atom stereocenters. The van der Waals surface area contributed by atoms with Crippen LogP contribution < -0.4 is 5.14 Å². The minimum Gasteiger partial charge on any atom is -0.289 e. The molecular weight excluding hydrogens is 332 g/mol. The van der Waals surface area contributed by atoms with E-state index >= 15 is 0 Å². The van der Waals surface area contributed by atoms with Gasteiger partial charge in [-0.1, -0.05) is 49.4 Å². The third-order valence-corrected chi connectivity index (χ3v) is 3.82. The second kappa shape index (κ2) is 8.90. The second-order valence-corrected chi connectivity index (χ2v) is 6.60. The molecule has 24 heavy (non-hydrogen) atoms. The Morgan fingerprint density at radius 2 is 1.67 bits per heavy atom. The molecule has 2 rings (SSSR count). The summed E-state index contributed by atoms with van der Waals surface area (Å²) in [5, 5.41) is 15.2. The Morgan fingerprint density at radius 3 is 2.12 bits per heavy atom. The summed E-state index contributed by atoms with van der Waals surface area (Å²) in [6, 6.07) is 14.4. The quantitative estimate of drug-likeness (QED) is 0.504. The highest BCUT2D eigenvalue weighted by molar-refractivity contribution is 7.89. The molecular formula is C16H18N2O5S. The number of hydrogen-bond donors (Lipinski definition) is 1. The fourth-order valence-corrected chi connectivity index (χ4v) is 2.37. The van der Waals surface area contributed by atoms with Crippen LogP contribution in [0.1, 0.15) is 29.3 Å². The van der Waals surface area contributed by atoms with Crippen molar-refractivity contribution in [2.45, 2.75) is 13.3 Å². The molecule has 2 N–H and O–H groups in total. The number of hydrogen-bond acceptors (Lipinski definition) is 5. The van der Waals surface area contributed by atoms with Gasteiger partial charge in [0.2, 0.25) is 10.0 Å². The Morgan fingerprint density at radius 1 is 1.08 bits per heavy atom. The largest absolute Gasteiger partial charge is 0.289 e. The Balaban J connectivity index is 0.000000351. The first-order valence-corrected chi connectivity index (χ1v) is 8.81. The summed E-state index contributed by atoms with van der Waals surface area (Å²) in [5.74, 6) is -0.123. The standard InChI is InChI=1S/C13H9NO3.C3H9NO2S/c15-13(10-5-2-1-3-6-10)11-7-4-8-12(9-11)14(16)17;1-2-3-7(4,5)6/h1-9H;2-3H2,1H3,(H2,4,5,6). The fraction of sp³-hybridized carbons (Fsp3) is 0.188. The van der Waals surface area contributed by atoms with E-state index < -0.39 is 14.9 Å². The van der Waals surface area contributed by atoms with Gasteiger partial charge in [0.1, 0.15) is 0 Å². The van der Waals surface area contributed by atoms with E-state index in [4.69, 9.17) is 0 Å². The molecule has 0 fully saturated rings. The molecule has 0 aliphatic rings. The van der Waals surface area contributed by atoms with Crippen LogP contribution in [-0.2, 0) is 10.0 Å². The molecule has 0 aromatic heterocycles. The van der Waals surface area contributed by atoms with Crippen LogP contribution in [0.4, 0.5) is 5.69 Å². The summed E-state index contributed by atoms with van der Waals surface area (Å²) in [6.07, 6.45) is 0.596. The highest BCUT2D eigenvalue weighted by Gasteiger charge is 2.12. The number of carbonyl (C=O) groups is 1. The molecule has 128 valence electrons. The SMILES string of the molecule is CCCS(N)(=O)=O.O=C(c1ccccc1)c1cccc([N+](=O)[O-])c1. The number of carbonyl (C=O) groups excluding carboxylic acids is 1. The van der Waals surface area contributed by atoms with Gasteiger partial charge < -0.3 is 0 Å². The highest BCUT2D eigenvalue weighted by Crippen LogP contribution is 2.16. The third kappa shape index (κ3) is 6.67. The van der Waals surface area contributed by atoms with Crippen molar-refractivity contribution in [3.63, 3.8) is 0 Å². The van der Waals surface area contributed by atoms with Crippen LogP contribution in [0.15, 0.2) is 54.6 Å². The van der Waals surface area contributed by atoms with E-state index in [9.17, 15) is 23.3 Å². The van der Waals surface area contributed by atoms with Crippen molar-refractivity contribution in [3.05, 3.63) is 75.8 Å². The maximum absolute atomic E-state index is 12.0. The van der Waals surface area contributed by atoms with Gasteiger partial charge in [0, 0.05) is 23.3 Å². The van der Waals surface area contributed by atoms with Gasteiger partial charge in [0.05, 0.1) is 10.7 Å². The van der Waals surface area contributed by atoms with Crippen molar-refractivity contribution >= 4 is 21.5 Å². The molecule has 0 saturated heterocycles. The molecule has 7 nitrogen and oxygen atoms in total. The van der Waals surface area contributed by atoms with E-state index in [0.717, 1.165) is 0 Å². The topological polar surface area (TPSA) is 120 Å². The molecule has 0 heterocycles. The van der Waals surface area contributed by atoms with Gasteiger partial charge in [-0.25, -0.2) is 13.6 Å². The number of benzene rings is 2. The van der Waals surface area contributed by atoms with E-state index in [-0.39, 0.29) is 17.2 Å². The number of non-ortho nitro benzene ring substituents is 1. The van der Waals surface area contributed by atoms with Gasteiger partial charge in [-0.15, -0.1) is 0 Å². The third-order valence-electron chi connectivity index (χ3n) is 2.84. The predicted octanol–water partition coefficient (Wildman–Crippen LogP) is 2.51. The Bertz CT molecular complexity index is 804. The predicted molar refractivity (Wildman–Crippen MR) is 91.2 cm³/mol. The average molecular weight is 350 g/mol. The van der Waals surface area contributed by atoms with E-state index in [1.807, 2.05) is 6.07 Å². The Labute approximate surface area is 140 Å². The van der Waals surface area contributed by atoms with E-state index in [1.54, 1.807) is 37.3 Å². The summed E-state index contributed by atoms with van der Waals surface area (Å²) in [4.78, 5) is 22.1. The van der Waals surface area contributed by atoms with Gasteiger partial charge >= 0.3 is 0 Å². The van der Waals surface area contributed by atoms with Crippen molar-refractivity contribution in [1.82, 2.24) is 0 Å². The molecule has 0 bridgehead atoms. The summed E-state index contributed by atoms with van der Waals surface area (Å²) in [6.45, 7) is 1.77. The fourth-order valence-electron chi connectivity index (χ4n) is 1.80. The van der Waals surface area contributed by atoms with Crippen LogP contribution in [0.3, 0.4) is 0 Å². The second-order valence-electron chi connectivity index (χ2n) is 4.87. The molecule has 0 radical (unpaired) electrons. The number of primary sulfonamides is 1. The minimum absolute atomic E-state index is 0.0771.